The van der Waals surface area contributed by atoms with E-state index >= 15 is 0 Å². The van der Waals surface area contributed by atoms with Crippen LogP contribution in [0.4, 0.5) is 5.82 Å². The Morgan fingerprint density at radius 1 is 0.864 bits per heavy atom. The van der Waals surface area contributed by atoms with Crippen LogP contribution < -0.4 is 26.3 Å². The molecule has 2 aliphatic rings. The number of carbonyl (C=O) groups is 2. The lowest BCUT2D eigenvalue weighted by Gasteiger charge is -2.26. The van der Waals surface area contributed by atoms with E-state index in [1.54, 1.807) is 31.4 Å². The highest BCUT2D eigenvalue weighted by Gasteiger charge is 2.31. The van der Waals surface area contributed by atoms with Crippen molar-refractivity contribution in [2.75, 3.05) is 51.9 Å². The number of benzene rings is 2. The Morgan fingerprint density at radius 2 is 1.52 bits per heavy atom. The molecule has 7 aromatic rings. The molecule has 2 aliphatic heterocycles. The molecule has 2 aromatic carbocycles. The van der Waals surface area contributed by atoms with Gasteiger partial charge >= 0.3 is 0 Å². The number of methoxy groups -OCH3 is 1. The summed E-state index contributed by atoms with van der Waals surface area (Å²) in [5.41, 5.74) is 18.0. The number of nitrogens with zero attached hydrogens (tertiary/aromatic N) is 10. The zero-order valence-electron chi connectivity index (χ0n) is 37.4. The van der Waals surface area contributed by atoms with Gasteiger partial charge in [-0.2, -0.15) is 10.2 Å². The number of aliphatic imine (C=N–C) groups is 1. The maximum Gasteiger partial charge on any atom is 0.248 e. The molecule has 2 amide bonds. The number of hydrogen-bond donors (Lipinski definition) is 3. The van der Waals surface area contributed by atoms with E-state index < -0.39 is 18.0 Å². The lowest BCUT2D eigenvalue weighted by atomic mass is 10.1. The number of amides is 2. The molecule has 0 aliphatic carbocycles. The molecule has 20 heteroatoms. The normalized spacial score (nSPS) is 15.5. The molecule has 18 nitrogen and oxygen atoms in total. The summed E-state index contributed by atoms with van der Waals surface area (Å²) >= 11 is 14.2. The monoisotopic (exact) mass is 935 g/mol. The Labute approximate surface area is 390 Å². The molecule has 0 radical (unpaired) electrons. The molecule has 5 aromatic heterocycles. The lowest BCUT2D eigenvalue weighted by Crippen LogP contribution is -2.37. The minimum Gasteiger partial charge on any atom is -0.495 e. The molecule has 1 atom stereocenters. The average molecular weight is 937 g/mol. The van der Waals surface area contributed by atoms with Crippen LogP contribution in [0, 0.1) is 13.8 Å². The molecule has 1 unspecified atom stereocenters. The maximum atomic E-state index is 12.8. The predicted molar refractivity (Wildman–Crippen MR) is 255 cm³/mol. The van der Waals surface area contributed by atoms with Crippen LogP contribution in [-0.2, 0) is 30.9 Å². The van der Waals surface area contributed by atoms with Crippen molar-refractivity contribution < 1.29 is 23.8 Å². The van der Waals surface area contributed by atoms with Crippen LogP contribution >= 0.6 is 23.2 Å². The first-order valence-electron chi connectivity index (χ1n) is 21.9. The summed E-state index contributed by atoms with van der Waals surface area (Å²) in [5.74, 6) is 0.763. The molecule has 66 heavy (non-hydrogen) atoms. The Kier molecular flexibility index (Phi) is 12.5. The van der Waals surface area contributed by atoms with Gasteiger partial charge in [-0.15, -0.1) is 0 Å². The third-order valence-corrected chi connectivity index (χ3v) is 12.6. The maximum absolute atomic E-state index is 12.8. The highest BCUT2D eigenvalue weighted by Crippen LogP contribution is 2.43. The van der Waals surface area contributed by atoms with E-state index in [1.807, 2.05) is 70.5 Å². The molecule has 0 spiro atoms. The number of anilines is 1. The summed E-state index contributed by atoms with van der Waals surface area (Å²) in [7, 11) is 1.55. The fourth-order valence-electron chi connectivity index (χ4n) is 9.01. The van der Waals surface area contributed by atoms with E-state index in [4.69, 9.17) is 63.8 Å². The first kappa shape index (κ1) is 44.7. The Balaban J connectivity index is 1.16. The van der Waals surface area contributed by atoms with Crippen LogP contribution in [0.15, 0.2) is 53.5 Å². The second kappa shape index (κ2) is 18.4. The number of primary amides is 2. The van der Waals surface area contributed by atoms with Crippen LogP contribution in [0.5, 0.6) is 11.5 Å². The number of halogens is 2. The molecule has 0 saturated carbocycles. The summed E-state index contributed by atoms with van der Waals surface area (Å²) in [6.07, 6.45) is 4.24. The number of hydrogen-bond acceptors (Lipinski definition) is 12. The van der Waals surface area contributed by atoms with Crippen molar-refractivity contribution in [1.29, 1.82) is 0 Å². The number of morpholine rings is 1. The van der Waals surface area contributed by atoms with Crippen molar-refractivity contribution in [2.24, 2.45) is 16.5 Å². The molecule has 1 saturated heterocycles. The van der Waals surface area contributed by atoms with Crippen LogP contribution in [0.2, 0.25) is 5.15 Å². The molecule has 1 fully saturated rings. The average Bonchev–Trinajstić information content (AvgIpc) is 4.06. The van der Waals surface area contributed by atoms with E-state index in [9.17, 15) is 9.59 Å². The highest BCUT2D eigenvalue weighted by atomic mass is 35.5. The number of aromatic nitrogens is 8. The number of allylic oxidation sites excluding steroid dienone is 2. The SMILES string of the molecule is CCn1nc(C)cc1-c1nc(Cl)c2c3cc(C(N)=O)cc(OCCCN4CCOCC4)c3n(C/C=C/Cn3c4c(c5cc(C(N)=O)cc(OC)c53)C(Cl)=NC(c3cc(C)nn3CC)N4)c2n1. The number of nitrogens with two attached hydrogens (primary N) is 2. The first-order chi connectivity index (χ1) is 31.9. The molecule has 5 N–H and O–H groups in total. The van der Waals surface area contributed by atoms with Gasteiger partial charge in [-0.25, -0.2) is 15.0 Å². The minimum absolute atomic E-state index is 0.204. The first-order valence-corrected chi connectivity index (χ1v) is 22.7. The van der Waals surface area contributed by atoms with Crippen LogP contribution in [-0.4, -0.2) is 107 Å². The van der Waals surface area contributed by atoms with E-state index in [-0.39, 0.29) is 21.5 Å². The molecule has 7 heterocycles. The van der Waals surface area contributed by atoms with Gasteiger partial charge in [0, 0.05) is 67.7 Å². The van der Waals surface area contributed by atoms with Crippen molar-refractivity contribution in [1.82, 2.24) is 43.6 Å². The van der Waals surface area contributed by atoms with Gasteiger partial charge in [-0.1, -0.05) is 35.4 Å². The fourth-order valence-corrected chi connectivity index (χ4v) is 9.56. The lowest BCUT2D eigenvalue weighted by molar-refractivity contribution is 0.0358. The molecule has 9 rings (SSSR count). The summed E-state index contributed by atoms with van der Waals surface area (Å²) in [5, 5.41) is 15.2. The quantitative estimate of drug-likeness (QED) is 0.0535. The third-order valence-electron chi connectivity index (χ3n) is 12.0. The summed E-state index contributed by atoms with van der Waals surface area (Å²) < 4.78 is 25.8. The highest BCUT2D eigenvalue weighted by molar-refractivity contribution is 6.71. The Bertz CT molecular complexity index is 3100. The molecular weight excluding hydrogens is 885 g/mol. The van der Waals surface area contributed by atoms with Crippen molar-refractivity contribution in [3.63, 3.8) is 0 Å². The molecule has 344 valence electrons. The van der Waals surface area contributed by atoms with Gasteiger partial charge in [0.25, 0.3) is 0 Å². The van der Waals surface area contributed by atoms with E-state index in [2.05, 4.69) is 20.4 Å². The van der Waals surface area contributed by atoms with Gasteiger partial charge in [0.05, 0.1) is 66.0 Å². The summed E-state index contributed by atoms with van der Waals surface area (Å²) in [4.78, 5) is 42.5. The van der Waals surface area contributed by atoms with E-state index in [0.29, 0.717) is 113 Å². The fraction of sp³-hybridized carbons (Fsp3) is 0.370. The van der Waals surface area contributed by atoms with Gasteiger partial charge < -0.3 is 40.1 Å². The van der Waals surface area contributed by atoms with Crippen molar-refractivity contribution in [3.05, 3.63) is 87.5 Å². The summed E-state index contributed by atoms with van der Waals surface area (Å²) in [6, 6.07) is 10.7. The molecular formula is C46H51Cl2N13O5. The number of carbonyl (C=O) groups excluding carboxylic acids is 2. The number of fused-ring (bicyclic) bond motifs is 6. The standard InChI is InChI=1S/C46H51Cl2N13O5/c1-6-60-31(19-25(3)55-60)43-51-39(47)35-29-21-27(41(49)62)23-33(64-5)37(29)58(45(35)53-43)12-8-9-13-59-38-30(36-40(48)52-44(54-46(36)59)32-20-26(4)56-61(32)7-2)22-28(42(50)63)24-34(38)66-16-10-11-57-14-17-65-18-15-57/h8-9,19-24,43,53H,6-7,10-18H2,1-5H3,(H2,49,62)(H2,50,63)/b9-8+. The largest absolute Gasteiger partial charge is 0.495 e. The van der Waals surface area contributed by atoms with Crippen molar-refractivity contribution >= 4 is 78.8 Å². The van der Waals surface area contributed by atoms with Gasteiger partial charge in [0.1, 0.15) is 39.0 Å². The van der Waals surface area contributed by atoms with Gasteiger partial charge in [0.15, 0.2) is 12.0 Å². The van der Waals surface area contributed by atoms with Gasteiger partial charge in [-0.05, 0) is 70.5 Å². The van der Waals surface area contributed by atoms with E-state index in [0.717, 1.165) is 43.1 Å². The number of nitrogens with one attached hydrogen (secondary N) is 1. The topological polar surface area (TPSA) is 213 Å². The predicted octanol–water partition coefficient (Wildman–Crippen LogP) is 6.58. The minimum atomic E-state index is -0.609. The number of aryl methyl sites for hydroxylation is 4. The van der Waals surface area contributed by atoms with Crippen LogP contribution in [0.3, 0.4) is 0 Å². The summed E-state index contributed by atoms with van der Waals surface area (Å²) in [6.45, 7) is 14.1. The number of ether oxygens (including phenoxy) is 3. The third kappa shape index (κ3) is 8.22. The number of rotatable bonds is 16. The van der Waals surface area contributed by atoms with Gasteiger partial charge in [0.2, 0.25) is 11.8 Å². The molecule has 0 bridgehead atoms. The van der Waals surface area contributed by atoms with Crippen LogP contribution in [0.25, 0.3) is 44.4 Å². The van der Waals surface area contributed by atoms with E-state index in [1.165, 1.54) is 0 Å². The van der Waals surface area contributed by atoms with Gasteiger partial charge in [-0.3, -0.25) is 23.9 Å². The van der Waals surface area contributed by atoms with Crippen molar-refractivity contribution in [2.45, 2.75) is 66.5 Å². The zero-order chi connectivity index (χ0) is 46.4. The van der Waals surface area contributed by atoms with Crippen molar-refractivity contribution in [3.8, 4) is 23.0 Å². The Hall–Kier alpha value is -6.47. The second-order valence-corrected chi connectivity index (χ2v) is 17.0. The second-order valence-electron chi connectivity index (χ2n) is 16.3. The van der Waals surface area contributed by atoms with Crippen LogP contribution in [0.1, 0.15) is 69.8 Å². The Morgan fingerprint density at radius 3 is 2.21 bits per heavy atom. The smallest absolute Gasteiger partial charge is 0.248 e. The zero-order valence-corrected chi connectivity index (χ0v) is 38.9.